The molecule has 1 amide bonds. The Kier molecular flexibility index (Phi) is 9.74. The monoisotopic (exact) mass is 248 g/mol. The fraction of sp³-hybridized carbons (Fsp3) is 0.917. The first-order chi connectivity index (χ1) is 7.33. The SMILES string of the molecule is CCCNCCNC(=O)CC1CCCC1.Cl. The van der Waals surface area contributed by atoms with Crippen molar-refractivity contribution in [3.05, 3.63) is 0 Å². The Balaban J connectivity index is 0.00000225. The Morgan fingerprint density at radius 2 is 1.88 bits per heavy atom. The second kappa shape index (κ2) is 9.91. The van der Waals surface area contributed by atoms with Crippen molar-refractivity contribution in [2.24, 2.45) is 5.92 Å². The van der Waals surface area contributed by atoms with Crippen molar-refractivity contribution in [2.75, 3.05) is 19.6 Å². The van der Waals surface area contributed by atoms with Crippen LogP contribution in [-0.2, 0) is 4.79 Å². The summed E-state index contributed by atoms with van der Waals surface area (Å²) < 4.78 is 0. The second-order valence-electron chi connectivity index (χ2n) is 4.45. The topological polar surface area (TPSA) is 41.1 Å². The van der Waals surface area contributed by atoms with Gasteiger partial charge in [0.15, 0.2) is 0 Å². The normalized spacial score (nSPS) is 15.8. The van der Waals surface area contributed by atoms with Crippen LogP contribution in [0, 0.1) is 5.92 Å². The van der Waals surface area contributed by atoms with Crippen molar-refractivity contribution in [3.63, 3.8) is 0 Å². The Hall–Kier alpha value is -0.280. The molecule has 2 N–H and O–H groups in total. The summed E-state index contributed by atoms with van der Waals surface area (Å²) >= 11 is 0. The van der Waals surface area contributed by atoms with E-state index in [4.69, 9.17) is 0 Å². The number of halogens is 1. The molecule has 0 spiro atoms. The average molecular weight is 249 g/mol. The van der Waals surface area contributed by atoms with Crippen molar-refractivity contribution in [2.45, 2.75) is 45.4 Å². The fourth-order valence-corrected chi connectivity index (χ4v) is 2.14. The van der Waals surface area contributed by atoms with Gasteiger partial charge in [0, 0.05) is 19.5 Å². The lowest BCUT2D eigenvalue weighted by molar-refractivity contribution is -0.121. The zero-order valence-corrected chi connectivity index (χ0v) is 11.1. The molecule has 0 saturated heterocycles. The van der Waals surface area contributed by atoms with Gasteiger partial charge in [0.05, 0.1) is 0 Å². The van der Waals surface area contributed by atoms with Gasteiger partial charge < -0.3 is 10.6 Å². The highest BCUT2D eigenvalue weighted by Gasteiger charge is 2.17. The summed E-state index contributed by atoms with van der Waals surface area (Å²) in [5.41, 5.74) is 0. The summed E-state index contributed by atoms with van der Waals surface area (Å²) in [4.78, 5) is 11.5. The first kappa shape index (κ1) is 15.7. The summed E-state index contributed by atoms with van der Waals surface area (Å²) in [6.45, 7) is 4.85. The number of nitrogens with one attached hydrogen (secondary N) is 2. The average Bonchev–Trinajstić information content (AvgIpc) is 2.70. The zero-order valence-electron chi connectivity index (χ0n) is 10.3. The van der Waals surface area contributed by atoms with Gasteiger partial charge in [-0.15, -0.1) is 12.4 Å². The molecule has 96 valence electrons. The third-order valence-electron chi connectivity index (χ3n) is 3.00. The van der Waals surface area contributed by atoms with E-state index in [2.05, 4.69) is 17.6 Å². The van der Waals surface area contributed by atoms with Gasteiger partial charge >= 0.3 is 0 Å². The summed E-state index contributed by atoms with van der Waals surface area (Å²) in [6, 6.07) is 0. The molecule has 0 aromatic heterocycles. The minimum Gasteiger partial charge on any atom is -0.355 e. The molecule has 1 aliphatic carbocycles. The summed E-state index contributed by atoms with van der Waals surface area (Å²) in [7, 11) is 0. The first-order valence-corrected chi connectivity index (χ1v) is 6.30. The molecule has 0 heterocycles. The highest BCUT2D eigenvalue weighted by molar-refractivity contribution is 5.85. The Morgan fingerprint density at radius 1 is 1.19 bits per heavy atom. The lowest BCUT2D eigenvalue weighted by Crippen LogP contribution is -2.32. The van der Waals surface area contributed by atoms with E-state index < -0.39 is 0 Å². The number of hydrogen-bond acceptors (Lipinski definition) is 2. The van der Waals surface area contributed by atoms with E-state index in [0.29, 0.717) is 5.92 Å². The third-order valence-corrected chi connectivity index (χ3v) is 3.00. The van der Waals surface area contributed by atoms with E-state index >= 15 is 0 Å². The summed E-state index contributed by atoms with van der Waals surface area (Å²) in [6.07, 6.45) is 7.03. The molecule has 1 aliphatic rings. The van der Waals surface area contributed by atoms with Gasteiger partial charge in [-0.1, -0.05) is 19.8 Å². The predicted octanol–water partition coefficient (Wildman–Crippen LogP) is 2.10. The molecule has 1 fully saturated rings. The fourth-order valence-electron chi connectivity index (χ4n) is 2.14. The summed E-state index contributed by atoms with van der Waals surface area (Å²) in [5, 5.41) is 6.24. The number of carbonyl (C=O) groups excluding carboxylic acids is 1. The van der Waals surface area contributed by atoms with Gasteiger partial charge in [-0.3, -0.25) is 4.79 Å². The van der Waals surface area contributed by atoms with Crippen LogP contribution in [0.1, 0.15) is 45.4 Å². The van der Waals surface area contributed by atoms with Crippen LogP contribution in [0.4, 0.5) is 0 Å². The first-order valence-electron chi connectivity index (χ1n) is 6.30. The minimum absolute atomic E-state index is 0. The lowest BCUT2D eigenvalue weighted by Gasteiger charge is -2.09. The number of carbonyl (C=O) groups is 1. The molecule has 1 rings (SSSR count). The van der Waals surface area contributed by atoms with E-state index in [0.717, 1.165) is 32.5 Å². The van der Waals surface area contributed by atoms with Gasteiger partial charge in [-0.05, 0) is 31.7 Å². The van der Waals surface area contributed by atoms with E-state index in [1.54, 1.807) is 0 Å². The maximum atomic E-state index is 11.5. The Labute approximate surface area is 105 Å². The smallest absolute Gasteiger partial charge is 0.220 e. The van der Waals surface area contributed by atoms with E-state index in [9.17, 15) is 4.79 Å². The van der Waals surface area contributed by atoms with Crippen LogP contribution in [0.25, 0.3) is 0 Å². The Morgan fingerprint density at radius 3 is 2.50 bits per heavy atom. The molecule has 0 radical (unpaired) electrons. The number of amides is 1. The van der Waals surface area contributed by atoms with Gasteiger partial charge in [0.2, 0.25) is 5.91 Å². The predicted molar refractivity (Wildman–Crippen MR) is 70.0 cm³/mol. The second-order valence-corrected chi connectivity index (χ2v) is 4.45. The van der Waals surface area contributed by atoms with Crippen LogP contribution in [0.15, 0.2) is 0 Å². The van der Waals surface area contributed by atoms with Gasteiger partial charge in [-0.25, -0.2) is 0 Å². The van der Waals surface area contributed by atoms with Crippen LogP contribution in [0.3, 0.4) is 0 Å². The molecule has 3 nitrogen and oxygen atoms in total. The van der Waals surface area contributed by atoms with E-state index in [1.165, 1.54) is 25.7 Å². The quantitative estimate of drug-likeness (QED) is 0.678. The maximum Gasteiger partial charge on any atom is 0.220 e. The van der Waals surface area contributed by atoms with Gasteiger partial charge in [0.1, 0.15) is 0 Å². The van der Waals surface area contributed by atoms with Crippen molar-refractivity contribution in [1.29, 1.82) is 0 Å². The molecule has 0 aromatic rings. The Bertz CT molecular complexity index is 182. The van der Waals surface area contributed by atoms with E-state index in [-0.39, 0.29) is 18.3 Å². The molecule has 4 heteroatoms. The number of hydrogen-bond donors (Lipinski definition) is 2. The largest absolute Gasteiger partial charge is 0.355 e. The molecule has 0 unspecified atom stereocenters. The lowest BCUT2D eigenvalue weighted by atomic mass is 10.0. The molecular formula is C12H25ClN2O. The van der Waals surface area contributed by atoms with Crippen molar-refractivity contribution >= 4 is 18.3 Å². The van der Waals surface area contributed by atoms with Gasteiger partial charge in [-0.2, -0.15) is 0 Å². The summed E-state index contributed by atoms with van der Waals surface area (Å²) in [5.74, 6) is 0.897. The minimum atomic E-state index is 0. The van der Waals surface area contributed by atoms with Crippen molar-refractivity contribution in [1.82, 2.24) is 10.6 Å². The molecule has 1 saturated carbocycles. The van der Waals surface area contributed by atoms with Crippen LogP contribution < -0.4 is 10.6 Å². The van der Waals surface area contributed by atoms with E-state index in [1.807, 2.05) is 0 Å². The van der Waals surface area contributed by atoms with Crippen molar-refractivity contribution < 1.29 is 4.79 Å². The standard InChI is InChI=1S/C12H24N2O.ClH/c1-2-7-13-8-9-14-12(15)10-11-5-3-4-6-11;/h11,13H,2-10H2,1H3,(H,14,15);1H. The van der Waals surface area contributed by atoms with Gasteiger partial charge in [0.25, 0.3) is 0 Å². The number of rotatable bonds is 7. The molecule has 0 aliphatic heterocycles. The highest BCUT2D eigenvalue weighted by atomic mass is 35.5. The molecule has 0 atom stereocenters. The molecule has 16 heavy (non-hydrogen) atoms. The van der Waals surface area contributed by atoms with Crippen LogP contribution in [0.2, 0.25) is 0 Å². The van der Waals surface area contributed by atoms with Crippen molar-refractivity contribution in [3.8, 4) is 0 Å². The maximum absolute atomic E-state index is 11.5. The van der Waals surface area contributed by atoms with Crippen LogP contribution in [-0.4, -0.2) is 25.5 Å². The van der Waals surface area contributed by atoms with Crippen LogP contribution in [0.5, 0.6) is 0 Å². The zero-order chi connectivity index (χ0) is 10.9. The highest BCUT2D eigenvalue weighted by Crippen LogP contribution is 2.27. The van der Waals surface area contributed by atoms with Crippen LogP contribution >= 0.6 is 12.4 Å². The molecule has 0 aromatic carbocycles. The molecular weight excluding hydrogens is 224 g/mol. The molecule has 0 bridgehead atoms. The third kappa shape index (κ3) is 7.07.